The second kappa shape index (κ2) is 10.9. The first-order valence-corrected chi connectivity index (χ1v) is 11.4. The number of hydrogen-bond acceptors (Lipinski definition) is 8. The van der Waals surface area contributed by atoms with E-state index in [0.717, 1.165) is 56.1 Å². The van der Waals surface area contributed by atoms with Crippen molar-refractivity contribution in [2.45, 2.75) is 6.54 Å². The number of methoxy groups -OCH3 is 1. The number of anilines is 1. The molecule has 2 saturated heterocycles. The number of hydrogen-bond donors (Lipinski definition) is 1. The maximum atomic E-state index is 11.8. The molecular formula is C24H25N5O3S. The molecule has 0 atom stereocenters. The minimum absolute atomic E-state index is 0.226. The molecule has 170 valence electrons. The lowest BCUT2D eigenvalue weighted by Crippen LogP contribution is -2.45. The number of piperazine rings is 1. The van der Waals surface area contributed by atoms with E-state index < -0.39 is 11.9 Å². The van der Waals surface area contributed by atoms with Gasteiger partial charge >= 0.3 is 5.97 Å². The zero-order valence-electron chi connectivity index (χ0n) is 18.3. The van der Waals surface area contributed by atoms with Crippen LogP contribution in [0.3, 0.4) is 0 Å². The largest absolute Gasteiger partial charge is 0.466 e. The van der Waals surface area contributed by atoms with E-state index in [-0.39, 0.29) is 4.91 Å². The van der Waals surface area contributed by atoms with Gasteiger partial charge in [0.15, 0.2) is 5.17 Å². The quantitative estimate of drug-likeness (QED) is 0.307. The van der Waals surface area contributed by atoms with Crippen molar-refractivity contribution in [1.82, 2.24) is 10.2 Å². The Morgan fingerprint density at radius 2 is 1.82 bits per heavy atom. The summed E-state index contributed by atoms with van der Waals surface area (Å²) in [6.45, 7) is 5.04. The number of nitrogens with zero attached hydrogens (tertiary/aromatic N) is 4. The lowest BCUT2D eigenvalue weighted by molar-refractivity contribution is -0.135. The lowest BCUT2D eigenvalue weighted by atomic mass is 10.1. The topological polar surface area (TPSA) is 86.6 Å². The number of esters is 1. The number of ether oxygens (including phenoxy) is 1. The highest BCUT2D eigenvalue weighted by Gasteiger charge is 2.25. The van der Waals surface area contributed by atoms with Crippen molar-refractivity contribution in [2.24, 2.45) is 10.2 Å². The van der Waals surface area contributed by atoms with Gasteiger partial charge in [-0.25, -0.2) is 4.79 Å². The minimum Gasteiger partial charge on any atom is -0.466 e. The molecule has 0 aliphatic carbocycles. The summed E-state index contributed by atoms with van der Waals surface area (Å²) in [5.41, 5.74) is 3.45. The SMILES string of the molecule is COC(=O)/C=C1/S/C(=N\N=Cc2ccc(N3CCN(Cc4ccccc4)CC3)cc2)NC1=O. The molecule has 9 heteroatoms. The third kappa shape index (κ3) is 6.30. The maximum Gasteiger partial charge on any atom is 0.331 e. The van der Waals surface area contributed by atoms with Gasteiger partial charge in [-0.2, -0.15) is 5.10 Å². The number of carbonyl (C=O) groups excluding carboxylic acids is 2. The molecule has 0 saturated carbocycles. The fourth-order valence-electron chi connectivity index (χ4n) is 3.57. The van der Waals surface area contributed by atoms with Gasteiger partial charge < -0.3 is 9.64 Å². The van der Waals surface area contributed by atoms with Gasteiger partial charge in [-0.15, -0.1) is 5.10 Å². The molecular weight excluding hydrogens is 438 g/mol. The van der Waals surface area contributed by atoms with Crippen LogP contribution in [0.2, 0.25) is 0 Å². The van der Waals surface area contributed by atoms with E-state index in [4.69, 9.17) is 0 Å². The molecule has 0 spiro atoms. The second-order valence-corrected chi connectivity index (χ2v) is 8.61. The number of rotatable bonds is 6. The van der Waals surface area contributed by atoms with Gasteiger partial charge in [0.25, 0.3) is 5.91 Å². The summed E-state index contributed by atoms with van der Waals surface area (Å²) in [4.78, 5) is 28.2. The van der Waals surface area contributed by atoms with Crippen molar-refractivity contribution in [1.29, 1.82) is 0 Å². The van der Waals surface area contributed by atoms with Crippen LogP contribution in [-0.2, 0) is 20.9 Å². The van der Waals surface area contributed by atoms with Crippen molar-refractivity contribution in [2.75, 3.05) is 38.2 Å². The first kappa shape index (κ1) is 22.8. The Kier molecular flexibility index (Phi) is 7.54. The molecule has 0 unspecified atom stereocenters. The average molecular weight is 464 g/mol. The Morgan fingerprint density at radius 1 is 1.09 bits per heavy atom. The van der Waals surface area contributed by atoms with E-state index in [1.807, 2.05) is 12.1 Å². The van der Waals surface area contributed by atoms with Crippen LogP contribution in [0, 0.1) is 0 Å². The Morgan fingerprint density at radius 3 is 2.52 bits per heavy atom. The number of nitrogens with one attached hydrogen (secondary N) is 1. The first-order valence-electron chi connectivity index (χ1n) is 10.6. The number of thioether (sulfide) groups is 1. The van der Waals surface area contributed by atoms with Gasteiger partial charge in [0.2, 0.25) is 0 Å². The highest BCUT2D eigenvalue weighted by Crippen LogP contribution is 2.23. The first-order chi connectivity index (χ1) is 16.1. The van der Waals surface area contributed by atoms with Crippen LogP contribution < -0.4 is 10.2 Å². The minimum atomic E-state index is -0.588. The normalized spacial score (nSPS) is 19.4. The van der Waals surface area contributed by atoms with Gasteiger partial charge in [0, 0.05) is 44.5 Å². The third-order valence-corrected chi connectivity index (χ3v) is 6.24. The maximum absolute atomic E-state index is 11.8. The van der Waals surface area contributed by atoms with Crippen LogP contribution >= 0.6 is 11.8 Å². The number of benzene rings is 2. The van der Waals surface area contributed by atoms with Crippen LogP contribution in [0.5, 0.6) is 0 Å². The van der Waals surface area contributed by atoms with Crippen molar-refractivity contribution in [3.63, 3.8) is 0 Å². The summed E-state index contributed by atoms with van der Waals surface area (Å²) >= 11 is 1.04. The lowest BCUT2D eigenvalue weighted by Gasteiger charge is -2.36. The zero-order valence-corrected chi connectivity index (χ0v) is 19.1. The molecule has 2 aliphatic rings. The van der Waals surface area contributed by atoms with E-state index >= 15 is 0 Å². The molecule has 2 fully saturated rings. The van der Waals surface area contributed by atoms with Crippen molar-refractivity contribution >= 4 is 40.7 Å². The predicted octanol–water partition coefficient (Wildman–Crippen LogP) is 2.62. The Hall–Kier alpha value is -3.43. The van der Waals surface area contributed by atoms with E-state index in [2.05, 4.69) is 72.5 Å². The van der Waals surface area contributed by atoms with Gasteiger partial charge in [-0.3, -0.25) is 15.0 Å². The van der Waals surface area contributed by atoms with Gasteiger partial charge in [-0.1, -0.05) is 42.5 Å². The van der Waals surface area contributed by atoms with Crippen LogP contribution in [0.4, 0.5) is 5.69 Å². The van der Waals surface area contributed by atoms with E-state index in [0.29, 0.717) is 5.17 Å². The van der Waals surface area contributed by atoms with Crippen molar-refractivity contribution in [3.8, 4) is 0 Å². The standard InChI is InChI=1S/C24H25N5O3S/c1-32-22(30)15-21-23(31)26-24(33-21)27-25-16-18-7-9-20(10-8-18)29-13-11-28(12-14-29)17-19-5-3-2-4-6-19/h2-10,15-16H,11-14,17H2,1H3,(H,26,27,31)/b21-15+,25-16?. The average Bonchev–Trinajstić information content (AvgIpc) is 3.19. The van der Waals surface area contributed by atoms with E-state index in [1.54, 1.807) is 6.21 Å². The molecule has 2 aromatic rings. The third-order valence-electron chi connectivity index (χ3n) is 5.34. The van der Waals surface area contributed by atoms with Gasteiger partial charge in [0.1, 0.15) is 0 Å². The molecule has 2 heterocycles. The summed E-state index contributed by atoms with van der Waals surface area (Å²) in [5, 5.41) is 10.9. The summed E-state index contributed by atoms with van der Waals surface area (Å²) in [6.07, 6.45) is 2.76. The molecule has 0 radical (unpaired) electrons. The monoisotopic (exact) mass is 463 g/mol. The smallest absolute Gasteiger partial charge is 0.331 e. The Bertz CT molecular complexity index is 1080. The number of amides is 1. The summed E-state index contributed by atoms with van der Waals surface area (Å²) in [5.74, 6) is -0.984. The zero-order chi connectivity index (χ0) is 23.0. The fraction of sp³-hybridized carbons (Fsp3) is 0.250. The molecule has 0 aromatic heterocycles. The molecule has 33 heavy (non-hydrogen) atoms. The molecule has 4 rings (SSSR count). The van der Waals surface area contributed by atoms with Crippen LogP contribution in [0.15, 0.2) is 75.8 Å². The van der Waals surface area contributed by atoms with Crippen LogP contribution in [-0.4, -0.2) is 61.4 Å². The van der Waals surface area contributed by atoms with E-state index in [9.17, 15) is 9.59 Å². The highest BCUT2D eigenvalue weighted by molar-refractivity contribution is 8.18. The van der Waals surface area contributed by atoms with E-state index in [1.165, 1.54) is 18.4 Å². The summed E-state index contributed by atoms with van der Waals surface area (Å²) in [7, 11) is 1.26. The molecule has 2 aliphatic heterocycles. The van der Waals surface area contributed by atoms with Crippen LogP contribution in [0.1, 0.15) is 11.1 Å². The van der Waals surface area contributed by atoms with Crippen molar-refractivity contribution < 1.29 is 14.3 Å². The number of carbonyl (C=O) groups is 2. The summed E-state index contributed by atoms with van der Waals surface area (Å²) < 4.78 is 4.53. The molecule has 1 amide bonds. The summed E-state index contributed by atoms with van der Waals surface area (Å²) in [6, 6.07) is 18.7. The second-order valence-electron chi connectivity index (χ2n) is 7.58. The number of amidine groups is 1. The molecule has 0 bridgehead atoms. The van der Waals surface area contributed by atoms with Gasteiger partial charge in [0.05, 0.1) is 18.2 Å². The Balaban J connectivity index is 1.28. The van der Waals surface area contributed by atoms with Crippen molar-refractivity contribution in [3.05, 3.63) is 76.7 Å². The predicted molar refractivity (Wildman–Crippen MR) is 131 cm³/mol. The van der Waals surface area contributed by atoms with Crippen LogP contribution in [0.25, 0.3) is 0 Å². The Labute approximate surface area is 197 Å². The molecule has 2 aromatic carbocycles. The fourth-order valence-corrected chi connectivity index (χ4v) is 4.30. The molecule has 1 N–H and O–H groups in total. The van der Waals surface area contributed by atoms with Gasteiger partial charge in [-0.05, 0) is 35.0 Å². The highest BCUT2D eigenvalue weighted by atomic mass is 32.2. The molecule has 8 nitrogen and oxygen atoms in total.